The van der Waals surface area contributed by atoms with Crippen LogP contribution in [0.15, 0.2) is 182 Å². The van der Waals surface area contributed by atoms with E-state index in [-0.39, 0.29) is 10.8 Å². The fourth-order valence-electron chi connectivity index (χ4n) is 12.4. The molecule has 0 spiro atoms. The van der Waals surface area contributed by atoms with Gasteiger partial charge in [-0.1, -0.05) is 173 Å². The SMILES string of the molecule is CC1(C)c2ccccc2-c2ccc(-c3cc4c5ccc(-c6ccc7c(c6)C(C)(C(F)(F)F)c6ccccc6-7)cc5c(-c5ccc6c(c5)C(C)(C)c5ccccc5-6)cc4c4ccccc34)cc21. The van der Waals surface area contributed by atoms with Gasteiger partial charge in [0.15, 0.2) is 0 Å². The van der Waals surface area contributed by atoms with E-state index in [9.17, 15) is 0 Å². The Labute approximate surface area is 383 Å². The summed E-state index contributed by atoms with van der Waals surface area (Å²) in [5.74, 6) is 0. The second kappa shape index (κ2) is 13.2. The minimum Gasteiger partial charge on any atom is -0.170 e. The molecule has 3 heteroatoms. The Morgan fingerprint density at radius 2 is 0.652 bits per heavy atom. The zero-order chi connectivity index (χ0) is 45.1. The van der Waals surface area contributed by atoms with Crippen molar-refractivity contribution in [2.75, 3.05) is 0 Å². The summed E-state index contributed by atoms with van der Waals surface area (Å²) in [5, 5.41) is 6.83. The van der Waals surface area contributed by atoms with E-state index in [1.807, 2.05) is 24.3 Å². The molecule has 0 N–H and O–H groups in total. The van der Waals surface area contributed by atoms with Crippen LogP contribution in [0.5, 0.6) is 0 Å². The van der Waals surface area contributed by atoms with Gasteiger partial charge in [-0.15, -0.1) is 0 Å². The molecule has 0 fully saturated rings. The van der Waals surface area contributed by atoms with Crippen LogP contribution in [0.25, 0.3) is 99.1 Å². The van der Waals surface area contributed by atoms with Gasteiger partial charge in [0.25, 0.3) is 0 Å². The maximum atomic E-state index is 15.3. The van der Waals surface area contributed by atoms with Gasteiger partial charge in [-0.25, -0.2) is 0 Å². The molecule has 3 aliphatic carbocycles. The van der Waals surface area contributed by atoms with Gasteiger partial charge < -0.3 is 0 Å². The highest BCUT2D eigenvalue weighted by molar-refractivity contribution is 6.24. The Morgan fingerprint density at radius 1 is 0.273 bits per heavy atom. The van der Waals surface area contributed by atoms with E-state index in [0.717, 1.165) is 43.8 Å². The lowest BCUT2D eigenvalue weighted by Crippen LogP contribution is -2.38. The maximum Gasteiger partial charge on any atom is 0.402 e. The zero-order valence-electron chi connectivity index (χ0n) is 37.5. The fraction of sp³-hybridized carbons (Fsp3) is 0.143. The van der Waals surface area contributed by atoms with E-state index >= 15 is 13.2 Å². The Morgan fingerprint density at radius 3 is 1.21 bits per heavy atom. The minimum atomic E-state index is -4.48. The van der Waals surface area contributed by atoms with E-state index in [1.54, 1.807) is 18.2 Å². The Balaban J connectivity index is 1.06. The largest absolute Gasteiger partial charge is 0.402 e. The Bertz CT molecular complexity index is 3770. The first kappa shape index (κ1) is 39.2. The quantitative estimate of drug-likeness (QED) is 0.155. The molecule has 0 bridgehead atoms. The molecule has 0 aliphatic heterocycles. The normalized spacial score (nSPS) is 17.1. The van der Waals surface area contributed by atoms with Gasteiger partial charge in [-0.3, -0.25) is 0 Å². The van der Waals surface area contributed by atoms with Gasteiger partial charge in [0.2, 0.25) is 0 Å². The summed E-state index contributed by atoms with van der Waals surface area (Å²) in [7, 11) is 0. The number of fused-ring (bicyclic) bond motifs is 14. The molecule has 1 unspecified atom stereocenters. The average molecular weight is 859 g/mol. The number of alkyl halides is 3. The van der Waals surface area contributed by atoms with Crippen LogP contribution in [0.3, 0.4) is 0 Å². The van der Waals surface area contributed by atoms with E-state index in [1.165, 1.54) is 73.3 Å². The number of benzene rings is 10. The molecular weight excluding hydrogens is 814 g/mol. The highest BCUT2D eigenvalue weighted by Crippen LogP contribution is 2.58. The number of hydrogen-bond acceptors (Lipinski definition) is 0. The highest BCUT2D eigenvalue weighted by Gasteiger charge is 2.58. The number of hydrogen-bond donors (Lipinski definition) is 0. The molecule has 1 atom stereocenters. The lowest BCUT2D eigenvalue weighted by atomic mass is 9.78. The first-order valence-electron chi connectivity index (χ1n) is 23.0. The van der Waals surface area contributed by atoms with Crippen LogP contribution in [0, 0.1) is 0 Å². The maximum absolute atomic E-state index is 15.3. The van der Waals surface area contributed by atoms with Crippen LogP contribution in [-0.4, -0.2) is 6.18 Å². The van der Waals surface area contributed by atoms with Crippen LogP contribution in [0.2, 0.25) is 0 Å². The molecule has 0 radical (unpaired) electrons. The van der Waals surface area contributed by atoms with Crippen molar-refractivity contribution in [2.45, 2.75) is 57.0 Å². The molecule has 0 heterocycles. The smallest absolute Gasteiger partial charge is 0.170 e. The highest BCUT2D eigenvalue weighted by atomic mass is 19.4. The number of halogens is 3. The van der Waals surface area contributed by atoms with Crippen LogP contribution in [-0.2, 0) is 16.2 Å². The summed E-state index contributed by atoms with van der Waals surface area (Å²) in [4.78, 5) is 0. The van der Waals surface area contributed by atoms with Crippen LogP contribution in [0.1, 0.15) is 68.0 Å². The third-order valence-corrected chi connectivity index (χ3v) is 16.0. The van der Waals surface area contributed by atoms with Gasteiger partial charge in [0.05, 0.1) is 0 Å². The van der Waals surface area contributed by atoms with Crippen molar-refractivity contribution in [2.24, 2.45) is 0 Å². The molecule has 318 valence electrons. The summed E-state index contributed by atoms with van der Waals surface area (Å²) in [6.45, 7) is 10.6. The third kappa shape index (κ3) is 5.12. The van der Waals surface area contributed by atoms with Crippen molar-refractivity contribution in [3.63, 3.8) is 0 Å². The standard InChI is InChI=1S/C63H45F3/c1-60(2)54-19-11-8-16-43(54)46-28-24-38(32-57(46)60)49-34-53-42-26-22-36(37-23-27-48-45-18-10-13-21-56(45)62(5,59(48)31-37)63(64,65)66)30-51(42)50(35-52(53)41-15-7-6-14-40(41)49)39-25-29-47-44-17-9-12-20-55(44)61(3,4)58(47)33-39/h6-35H,1-5H3. The van der Waals surface area contributed by atoms with E-state index < -0.39 is 11.6 Å². The van der Waals surface area contributed by atoms with Crippen molar-refractivity contribution in [1.29, 1.82) is 0 Å². The van der Waals surface area contributed by atoms with Crippen LogP contribution >= 0.6 is 0 Å². The fourth-order valence-corrected chi connectivity index (χ4v) is 12.4. The second-order valence-electron chi connectivity index (χ2n) is 20.0. The third-order valence-electron chi connectivity index (χ3n) is 16.0. The van der Waals surface area contributed by atoms with Crippen molar-refractivity contribution < 1.29 is 13.2 Å². The summed E-state index contributed by atoms with van der Waals surface area (Å²) in [6, 6.07) is 64.1. The molecule has 0 nitrogen and oxygen atoms in total. The van der Waals surface area contributed by atoms with E-state index in [4.69, 9.17) is 0 Å². The minimum absolute atomic E-state index is 0.143. The monoisotopic (exact) mass is 858 g/mol. The summed E-state index contributed by atoms with van der Waals surface area (Å²) < 4.78 is 45.9. The van der Waals surface area contributed by atoms with Crippen LogP contribution < -0.4 is 0 Å². The van der Waals surface area contributed by atoms with E-state index in [0.29, 0.717) is 22.3 Å². The number of rotatable bonds is 3. The predicted molar refractivity (Wildman–Crippen MR) is 268 cm³/mol. The molecular formula is C63H45F3. The molecule has 0 amide bonds. The molecule has 10 aromatic carbocycles. The van der Waals surface area contributed by atoms with Crippen molar-refractivity contribution >= 4 is 32.3 Å². The molecule has 10 aromatic rings. The van der Waals surface area contributed by atoms with Crippen molar-refractivity contribution in [1.82, 2.24) is 0 Å². The lowest BCUT2D eigenvalue weighted by Gasteiger charge is -2.30. The van der Waals surface area contributed by atoms with Crippen LogP contribution in [0.4, 0.5) is 13.2 Å². The van der Waals surface area contributed by atoms with Gasteiger partial charge in [-0.2, -0.15) is 13.2 Å². The zero-order valence-corrected chi connectivity index (χ0v) is 37.5. The molecule has 0 saturated carbocycles. The summed E-state index contributed by atoms with van der Waals surface area (Å²) >= 11 is 0. The summed E-state index contributed by atoms with van der Waals surface area (Å²) in [6.07, 6.45) is -4.48. The molecule has 0 saturated heterocycles. The Hall–Kier alpha value is -7.23. The topological polar surface area (TPSA) is 0 Å². The predicted octanol–water partition coefficient (Wildman–Crippen LogP) is 17.6. The average Bonchev–Trinajstić information content (AvgIpc) is 3.84. The first-order chi connectivity index (χ1) is 31.7. The van der Waals surface area contributed by atoms with Gasteiger partial charge >= 0.3 is 6.18 Å². The van der Waals surface area contributed by atoms with Gasteiger partial charge in [0, 0.05) is 10.8 Å². The van der Waals surface area contributed by atoms with E-state index in [2.05, 4.69) is 167 Å². The molecule has 3 aliphatic rings. The second-order valence-corrected chi connectivity index (χ2v) is 20.0. The lowest BCUT2D eigenvalue weighted by molar-refractivity contribution is -0.172. The Kier molecular flexibility index (Phi) is 7.83. The van der Waals surface area contributed by atoms with Crippen molar-refractivity contribution in [3.8, 4) is 66.8 Å². The van der Waals surface area contributed by atoms with Gasteiger partial charge in [0.1, 0.15) is 5.41 Å². The van der Waals surface area contributed by atoms with Crippen molar-refractivity contribution in [3.05, 3.63) is 215 Å². The molecule has 66 heavy (non-hydrogen) atoms. The van der Waals surface area contributed by atoms with Gasteiger partial charge in [-0.05, 0) is 176 Å². The molecule has 0 aromatic heterocycles. The molecule has 13 rings (SSSR count). The summed E-state index contributed by atoms with van der Waals surface area (Å²) in [5.41, 5.74) is 16.0. The first-order valence-corrected chi connectivity index (χ1v) is 23.0.